The van der Waals surface area contributed by atoms with E-state index in [0.29, 0.717) is 22.7 Å². The second-order valence-electron chi connectivity index (χ2n) is 6.35. The Bertz CT molecular complexity index is 1020. The Kier molecular flexibility index (Phi) is 5.28. The zero-order valence-corrected chi connectivity index (χ0v) is 16.4. The molecular formula is C19H20N2O6S. The first kappa shape index (κ1) is 19.7. The molecule has 28 heavy (non-hydrogen) atoms. The third kappa shape index (κ3) is 3.65. The maximum atomic E-state index is 12.5. The van der Waals surface area contributed by atoms with Gasteiger partial charge >= 0.3 is 0 Å². The summed E-state index contributed by atoms with van der Waals surface area (Å²) in [5.74, 6) is -0.655. The number of ether oxygens (including phenoxy) is 2. The van der Waals surface area contributed by atoms with Crippen LogP contribution in [0.2, 0.25) is 0 Å². The number of hydrogen-bond acceptors (Lipinski definition) is 6. The highest BCUT2D eigenvalue weighted by Gasteiger charge is 2.41. The molecule has 1 heterocycles. The first-order valence-corrected chi connectivity index (χ1v) is 10.1. The van der Waals surface area contributed by atoms with Crippen molar-refractivity contribution in [2.75, 3.05) is 29.6 Å². The van der Waals surface area contributed by atoms with Crippen molar-refractivity contribution in [2.45, 2.75) is 6.92 Å². The predicted molar refractivity (Wildman–Crippen MR) is 104 cm³/mol. The van der Waals surface area contributed by atoms with E-state index in [-0.39, 0.29) is 11.4 Å². The molecule has 9 heteroatoms. The van der Waals surface area contributed by atoms with Crippen molar-refractivity contribution < 1.29 is 27.5 Å². The molecule has 8 nitrogen and oxygen atoms in total. The van der Waals surface area contributed by atoms with Gasteiger partial charge in [-0.1, -0.05) is 6.92 Å². The maximum Gasteiger partial charge on any atom is 0.255 e. The van der Waals surface area contributed by atoms with Crippen LogP contribution < -0.4 is 19.1 Å². The molecule has 1 saturated heterocycles. The molecule has 0 bridgehead atoms. The Morgan fingerprint density at radius 1 is 1.11 bits per heavy atom. The molecule has 0 aliphatic carbocycles. The summed E-state index contributed by atoms with van der Waals surface area (Å²) in [5, 5.41) is 2.73. The number of nitrogens with zero attached hydrogens (tertiary/aromatic N) is 1. The Morgan fingerprint density at radius 2 is 1.79 bits per heavy atom. The first-order chi connectivity index (χ1) is 13.3. The number of anilines is 2. The molecule has 1 N–H and O–H groups in total. The molecule has 3 rings (SSSR count). The molecule has 1 aliphatic rings. The maximum absolute atomic E-state index is 12.5. The van der Waals surface area contributed by atoms with Crippen LogP contribution in [-0.2, 0) is 14.8 Å². The van der Waals surface area contributed by atoms with Gasteiger partial charge in [-0.15, -0.1) is 0 Å². The molecule has 0 spiro atoms. The third-order valence-electron chi connectivity index (χ3n) is 4.38. The fourth-order valence-electron chi connectivity index (χ4n) is 2.93. The van der Waals surface area contributed by atoms with E-state index >= 15 is 0 Å². The summed E-state index contributed by atoms with van der Waals surface area (Å²) in [4.78, 5) is 24.7. The highest BCUT2D eigenvalue weighted by Crippen LogP contribution is 2.30. The molecule has 2 aromatic carbocycles. The number of carbonyl (C=O) groups excluding carboxylic acids is 2. The van der Waals surface area contributed by atoms with E-state index < -0.39 is 27.8 Å². The molecule has 0 unspecified atom stereocenters. The fourth-order valence-corrected chi connectivity index (χ4v) is 4.75. The molecule has 0 aromatic heterocycles. The zero-order chi connectivity index (χ0) is 20.5. The van der Waals surface area contributed by atoms with Gasteiger partial charge in [0.15, 0.2) is 0 Å². The predicted octanol–water partition coefficient (Wildman–Crippen LogP) is 2.27. The SMILES string of the molecule is COc1ccc(NC(=O)c2ccc(N3C(=O)[C@@H](C)CS3(=O)=O)cc2)c(OC)c1. The number of hydrogen-bond donors (Lipinski definition) is 1. The summed E-state index contributed by atoms with van der Waals surface area (Å²) in [5.41, 5.74) is 0.982. The minimum absolute atomic E-state index is 0.216. The summed E-state index contributed by atoms with van der Waals surface area (Å²) >= 11 is 0. The summed E-state index contributed by atoms with van der Waals surface area (Å²) < 4.78 is 35.5. The van der Waals surface area contributed by atoms with Crippen molar-refractivity contribution in [2.24, 2.45) is 5.92 Å². The van der Waals surface area contributed by atoms with Gasteiger partial charge < -0.3 is 14.8 Å². The van der Waals surface area contributed by atoms with Crippen LogP contribution in [0.3, 0.4) is 0 Å². The lowest BCUT2D eigenvalue weighted by atomic mass is 10.1. The third-order valence-corrected chi connectivity index (χ3v) is 6.25. The topological polar surface area (TPSA) is 102 Å². The van der Waals surface area contributed by atoms with Gasteiger partial charge in [0.25, 0.3) is 5.91 Å². The van der Waals surface area contributed by atoms with Crippen LogP contribution >= 0.6 is 0 Å². The molecule has 0 radical (unpaired) electrons. The highest BCUT2D eigenvalue weighted by molar-refractivity contribution is 7.94. The summed E-state index contributed by atoms with van der Waals surface area (Å²) in [6.07, 6.45) is 0. The smallest absolute Gasteiger partial charge is 0.255 e. The van der Waals surface area contributed by atoms with Gasteiger partial charge in [-0.05, 0) is 36.4 Å². The van der Waals surface area contributed by atoms with Crippen LogP contribution in [0.1, 0.15) is 17.3 Å². The summed E-state index contributed by atoms with van der Waals surface area (Å²) in [6, 6.07) is 10.8. The van der Waals surface area contributed by atoms with Crippen molar-refractivity contribution >= 4 is 33.2 Å². The van der Waals surface area contributed by atoms with Crippen molar-refractivity contribution in [3.63, 3.8) is 0 Å². The lowest BCUT2D eigenvalue weighted by Crippen LogP contribution is -2.30. The van der Waals surface area contributed by atoms with E-state index in [0.717, 1.165) is 4.31 Å². The normalized spacial score (nSPS) is 18.0. The van der Waals surface area contributed by atoms with E-state index in [9.17, 15) is 18.0 Å². The van der Waals surface area contributed by atoms with Crippen molar-refractivity contribution in [3.05, 3.63) is 48.0 Å². The number of carbonyl (C=O) groups is 2. The van der Waals surface area contributed by atoms with Crippen LogP contribution in [0.5, 0.6) is 11.5 Å². The average molecular weight is 404 g/mol. The number of benzene rings is 2. The van der Waals surface area contributed by atoms with Gasteiger partial charge in [0.05, 0.1) is 37.3 Å². The van der Waals surface area contributed by atoms with Gasteiger partial charge in [0, 0.05) is 11.6 Å². The first-order valence-electron chi connectivity index (χ1n) is 8.47. The minimum atomic E-state index is -3.68. The van der Waals surface area contributed by atoms with Crippen molar-refractivity contribution in [1.29, 1.82) is 0 Å². The fraction of sp³-hybridized carbons (Fsp3) is 0.263. The Labute approximate surface area is 163 Å². The molecule has 2 aromatic rings. The highest BCUT2D eigenvalue weighted by atomic mass is 32.2. The Hall–Kier alpha value is -3.07. The monoisotopic (exact) mass is 404 g/mol. The van der Waals surface area contributed by atoms with Crippen LogP contribution in [0, 0.1) is 5.92 Å². The average Bonchev–Trinajstić information content (AvgIpc) is 2.88. The van der Waals surface area contributed by atoms with E-state index in [4.69, 9.17) is 9.47 Å². The van der Waals surface area contributed by atoms with Crippen LogP contribution in [-0.4, -0.2) is 40.2 Å². The number of amides is 2. The molecule has 1 fully saturated rings. The standard InChI is InChI=1S/C19H20N2O6S/c1-12-11-28(24,25)21(19(12)23)14-6-4-13(5-7-14)18(22)20-16-9-8-15(26-2)10-17(16)27-3/h4-10,12H,11H2,1-3H3,(H,20,22)/t12-/m0/s1. The van der Waals surface area contributed by atoms with Gasteiger partial charge in [0.2, 0.25) is 15.9 Å². The van der Waals surface area contributed by atoms with E-state index in [2.05, 4.69) is 5.32 Å². The van der Waals surface area contributed by atoms with Crippen LogP contribution in [0.25, 0.3) is 0 Å². The number of sulfonamides is 1. The number of methoxy groups -OCH3 is 2. The quantitative estimate of drug-likeness (QED) is 0.820. The number of nitrogens with one attached hydrogen (secondary N) is 1. The molecule has 1 atom stereocenters. The van der Waals surface area contributed by atoms with Gasteiger partial charge in [0.1, 0.15) is 11.5 Å². The van der Waals surface area contributed by atoms with Crippen molar-refractivity contribution in [1.82, 2.24) is 0 Å². The van der Waals surface area contributed by atoms with Crippen molar-refractivity contribution in [3.8, 4) is 11.5 Å². The number of rotatable bonds is 5. The van der Waals surface area contributed by atoms with E-state index in [1.807, 2.05) is 0 Å². The molecular weight excluding hydrogens is 384 g/mol. The molecule has 2 amide bonds. The van der Waals surface area contributed by atoms with Crippen LogP contribution in [0.4, 0.5) is 11.4 Å². The lowest BCUT2D eigenvalue weighted by Gasteiger charge is -2.16. The summed E-state index contributed by atoms with van der Waals surface area (Å²) in [7, 11) is -0.673. The largest absolute Gasteiger partial charge is 0.497 e. The second-order valence-corrected chi connectivity index (χ2v) is 8.21. The summed E-state index contributed by atoms with van der Waals surface area (Å²) in [6.45, 7) is 1.57. The molecule has 148 valence electrons. The lowest BCUT2D eigenvalue weighted by molar-refractivity contribution is -0.119. The molecule has 0 saturated carbocycles. The second kappa shape index (κ2) is 7.51. The minimum Gasteiger partial charge on any atom is -0.497 e. The van der Waals surface area contributed by atoms with Gasteiger partial charge in [-0.25, -0.2) is 12.7 Å². The Balaban J connectivity index is 1.81. The van der Waals surface area contributed by atoms with E-state index in [1.54, 1.807) is 25.1 Å². The Morgan fingerprint density at radius 3 is 2.32 bits per heavy atom. The zero-order valence-electron chi connectivity index (χ0n) is 15.6. The van der Waals surface area contributed by atoms with E-state index in [1.165, 1.54) is 38.5 Å². The van der Waals surface area contributed by atoms with Crippen LogP contribution in [0.15, 0.2) is 42.5 Å². The van der Waals surface area contributed by atoms with Gasteiger partial charge in [-0.2, -0.15) is 0 Å². The molecule has 1 aliphatic heterocycles. The van der Waals surface area contributed by atoms with Gasteiger partial charge in [-0.3, -0.25) is 9.59 Å².